The van der Waals surface area contributed by atoms with Gasteiger partial charge in [-0.15, -0.1) is 0 Å². The molecular formula is C25H27N5O3. The van der Waals surface area contributed by atoms with Gasteiger partial charge in [0.15, 0.2) is 0 Å². The van der Waals surface area contributed by atoms with Crippen molar-refractivity contribution in [1.82, 2.24) is 24.8 Å². The quantitative estimate of drug-likeness (QED) is 0.648. The van der Waals surface area contributed by atoms with E-state index in [0.29, 0.717) is 37.4 Å². The first-order valence-corrected chi connectivity index (χ1v) is 11.3. The molecule has 0 saturated carbocycles. The molecule has 8 nitrogen and oxygen atoms in total. The van der Waals surface area contributed by atoms with Crippen LogP contribution in [0.1, 0.15) is 45.3 Å². The summed E-state index contributed by atoms with van der Waals surface area (Å²) in [7, 11) is 1.66. The van der Waals surface area contributed by atoms with Crippen LogP contribution in [0, 0.1) is 0 Å². The van der Waals surface area contributed by atoms with E-state index in [1.54, 1.807) is 31.6 Å². The molecule has 8 heteroatoms. The summed E-state index contributed by atoms with van der Waals surface area (Å²) in [5.74, 6) is 1.52. The van der Waals surface area contributed by atoms with Gasteiger partial charge < -0.3 is 14.6 Å². The number of aromatic nitrogens is 3. The van der Waals surface area contributed by atoms with Crippen LogP contribution >= 0.6 is 0 Å². The Bertz CT molecular complexity index is 1190. The zero-order chi connectivity index (χ0) is 22.8. The number of methoxy groups -OCH3 is 1. The summed E-state index contributed by atoms with van der Waals surface area (Å²) in [6, 6.07) is 11.6. The van der Waals surface area contributed by atoms with E-state index in [4.69, 9.17) is 9.72 Å². The number of amides is 1. The van der Waals surface area contributed by atoms with Crippen molar-refractivity contribution in [2.75, 3.05) is 26.7 Å². The highest BCUT2D eigenvalue weighted by molar-refractivity contribution is 5.94. The van der Waals surface area contributed by atoms with E-state index in [-0.39, 0.29) is 17.4 Å². The van der Waals surface area contributed by atoms with Crippen molar-refractivity contribution in [3.05, 3.63) is 87.4 Å². The average molecular weight is 446 g/mol. The lowest BCUT2D eigenvalue weighted by Crippen LogP contribution is -2.36. The van der Waals surface area contributed by atoms with E-state index in [1.807, 2.05) is 17.0 Å². The lowest BCUT2D eigenvalue weighted by atomic mass is 10.0. The molecule has 5 rings (SSSR count). The maximum Gasteiger partial charge on any atom is 0.255 e. The highest BCUT2D eigenvalue weighted by Crippen LogP contribution is 2.27. The van der Waals surface area contributed by atoms with Crippen molar-refractivity contribution in [2.45, 2.75) is 31.8 Å². The van der Waals surface area contributed by atoms with Crippen molar-refractivity contribution in [3.8, 4) is 5.75 Å². The van der Waals surface area contributed by atoms with Gasteiger partial charge in [0.1, 0.15) is 11.6 Å². The van der Waals surface area contributed by atoms with Crippen molar-refractivity contribution >= 4 is 5.91 Å². The fraction of sp³-hybridized carbons (Fsp3) is 0.360. The molecule has 0 aliphatic carbocycles. The molecule has 0 bridgehead atoms. The molecule has 0 unspecified atom stereocenters. The van der Waals surface area contributed by atoms with Crippen molar-refractivity contribution < 1.29 is 9.53 Å². The van der Waals surface area contributed by atoms with E-state index in [9.17, 15) is 9.59 Å². The second-order valence-corrected chi connectivity index (χ2v) is 8.66. The van der Waals surface area contributed by atoms with Gasteiger partial charge in [-0.05, 0) is 42.7 Å². The van der Waals surface area contributed by atoms with Gasteiger partial charge in [0.2, 0.25) is 0 Å². The third-order valence-electron chi connectivity index (χ3n) is 6.51. The molecule has 4 heterocycles. The van der Waals surface area contributed by atoms with Gasteiger partial charge in [-0.3, -0.25) is 19.5 Å². The number of hydrogen-bond acceptors (Lipinski definition) is 6. The number of H-pyrrole nitrogens is 1. The lowest BCUT2D eigenvalue weighted by Gasteiger charge is -2.28. The number of likely N-dealkylation sites (tertiary alicyclic amines) is 1. The molecule has 1 atom stereocenters. The SMILES string of the molecule is COc1ccc(CN2CCc3c(nc([C@H]4CCN(C(=O)c5cccnc5)C4)[nH]c3=O)C2)cc1. The number of nitrogens with zero attached hydrogens (tertiary/aromatic N) is 4. The topological polar surface area (TPSA) is 91.4 Å². The maximum absolute atomic E-state index is 12.8. The monoisotopic (exact) mass is 445 g/mol. The minimum absolute atomic E-state index is 0.0283. The molecule has 0 spiro atoms. The summed E-state index contributed by atoms with van der Waals surface area (Å²) >= 11 is 0. The number of carbonyl (C=O) groups is 1. The van der Waals surface area contributed by atoms with Crippen molar-refractivity contribution in [1.29, 1.82) is 0 Å². The van der Waals surface area contributed by atoms with Gasteiger partial charge in [0.25, 0.3) is 11.5 Å². The number of hydrogen-bond donors (Lipinski definition) is 1. The smallest absolute Gasteiger partial charge is 0.255 e. The van der Waals surface area contributed by atoms with Gasteiger partial charge >= 0.3 is 0 Å². The third kappa shape index (κ3) is 4.52. The summed E-state index contributed by atoms with van der Waals surface area (Å²) in [5, 5.41) is 0. The van der Waals surface area contributed by atoms with Crippen LogP contribution in [0.4, 0.5) is 0 Å². The normalized spacial score (nSPS) is 18.2. The van der Waals surface area contributed by atoms with E-state index in [2.05, 4.69) is 27.0 Å². The highest BCUT2D eigenvalue weighted by atomic mass is 16.5. The molecule has 3 aromatic rings. The fourth-order valence-corrected chi connectivity index (χ4v) is 4.67. The first-order valence-electron chi connectivity index (χ1n) is 11.3. The Morgan fingerprint density at radius 2 is 2.06 bits per heavy atom. The van der Waals surface area contributed by atoms with Crippen LogP contribution in [0.2, 0.25) is 0 Å². The van der Waals surface area contributed by atoms with Crippen LogP contribution in [0.25, 0.3) is 0 Å². The first kappa shape index (κ1) is 21.3. The Kier molecular flexibility index (Phi) is 5.92. The number of rotatable bonds is 5. The number of ether oxygens (including phenoxy) is 1. The summed E-state index contributed by atoms with van der Waals surface area (Å²) < 4.78 is 5.24. The minimum Gasteiger partial charge on any atom is -0.497 e. The van der Waals surface area contributed by atoms with Gasteiger partial charge in [-0.2, -0.15) is 0 Å². The van der Waals surface area contributed by atoms with E-state index in [0.717, 1.165) is 36.5 Å². The fourth-order valence-electron chi connectivity index (χ4n) is 4.67. The number of nitrogens with one attached hydrogen (secondary N) is 1. The second kappa shape index (κ2) is 9.15. The number of pyridine rings is 1. The zero-order valence-electron chi connectivity index (χ0n) is 18.7. The molecule has 2 aliphatic rings. The summed E-state index contributed by atoms with van der Waals surface area (Å²) in [4.78, 5) is 41.6. The molecule has 1 fully saturated rings. The number of aromatic amines is 1. The van der Waals surface area contributed by atoms with Crippen LogP contribution in [0.3, 0.4) is 0 Å². The molecule has 1 aromatic carbocycles. The minimum atomic E-state index is -0.0452. The van der Waals surface area contributed by atoms with Crippen LogP contribution in [0.5, 0.6) is 5.75 Å². The van der Waals surface area contributed by atoms with E-state index in [1.165, 1.54) is 5.56 Å². The zero-order valence-corrected chi connectivity index (χ0v) is 18.7. The number of fused-ring (bicyclic) bond motifs is 1. The van der Waals surface area contributed by atoms with Crippen LogP contribution in [0.15, 0.2) is 53.6 Å². The standard InChI is InChI=1S/C25H27N5O3/c1-33-20-6-4-17(5-7-20)14-29-11-9-21-22(16-29)27-23(28-24(21)31)19-8-12-30(15-19)25(32)18-3-2-10-26-13-18/h2-7,10,13,19H,8-9,11-12,14-16H2,1H3,(H,27,28,31)/t19-/m0/s1. The number of benzene rings is 1. The Hall–Kier alpha value is -3.52. The molecule has 170 valence electrons. The van der Waals surface area contributed by atoms with Crippen LogP contribution in [-0.2, 0) is 19.5 Å². The number of carbonyl (C=O) groups excluding carboxylic acids is 1. The summed E-state index contributed by atoms with van der Waals surface area (Å²) in [6.45, 7) is 3.45. The molecule has 2 aromatic heterocycles. The van der Waals surface area contributed by atoms with E-state index < -0.39 is 0 Å². The van der Waals surface area contributed by atoms with Gasteiger partial charge in [-0.25, -0.2) is 4.98 Å². The van der Waals surface area contributed by atoms with Crippen molar-refractivity contribution in [3.63, 3.8) is 0 Å². The molecule has 1 N–H and O–H groups in total. The Morgan fingerprint density at radius 1 is 1.21 bits per heavy atom. The molecule has 1 amide bonds. The Balaban J connectivity index is 1.29. The molecular weight excluding hydrogens is 418 g/mol. The average Bonchev–Trinajstić information content (AvgIpc) is 3.35. The molecule has 2 aliphatic heterocycles. The molecule has 1 saturated heterocycles. The Morgan fingerprint density at radius 3 is 2.82 bits per heavy atom. The first-order chi connectivity index (χ1) is 16.1. The predicted molar refractivity (Wildman–Crippen MR) is 123 cm³/mol. The van der Waals surface area contributed by atoms with Gasteiger partial charge in [0, 0.05) is 56.6 Å². The third-order valence-corrected chi connectivity index (χ3v) is 6.51. The Labute approximate surface area is 192 Å². The maximum atomic E-state index is 12.8. The largest absolute Gasteiger partial charge is 0.497 e. The van der Waals surface area contributed by atoms with Crippen LogP contribution < -0.4 is 10.3 Å². The van der Waals surface area contributed by atoms with Gasteiger partial charge in [0.05, 0.1) is 18.4 Å². The van der Waals surface area contributed by atoms with Crippen molar-refractivity contribution in [2.24, 2.45) is 0 Å². The predicted octanol–water partition coefficient (Wildman–Crippen LogP) is 2.36. The summed E-state index contributed by atoms with van der Waals surface area (Å²) in [6.07, 6.45) is 4.71. The van der Waals surface area contributed by atoms with Crippen LogP contribution in [-0.4, -0.2) is 57.4 Å². The molecule has 33 heavy (non-hydrogen) atoms. The second-order valence-electron chi connectivity index (χ2n) is 8.66. The summed E-state index contributed by atoms with van der Waals surface area (Å²) in [5.41, 5.74) is 3.37. The van der Waals surface area contributed by atoms with E-state index >= 15 is 0 Å². The highest BCUT2D eigenvalue weighted by Gasteiger charge is 2.31. The molecule has 0 radical (unpaired) electrons. The van der Waals surface area contributed by atoms with Gasteiger partial charge in [-0.1, -0.05) is 12.1 Å². The lowest BCUT2D eigenvalue weighted by molar-refractivity contribution is 0.0790.